The third-order valence-corrected chi connectivity index (χ3v) is 5.09. The van der Waals surface area contributed by atoms with Crippen LogP contribution in [0.4, 0.5) is 0 Å². The van der Waals surface area contributed by atoms with Crippen LogP contribution >= 0.6 is 15.9 Å². The third kappa shape index (κ3) is 3.62. The van der Waals surface area contributed by atoms with E-state index in [9.17, 15) is 9.90 Å². The first kappa shape index (κ1) is 16.1. The van der Waals surface area contributed by atoms with Gasteiger partial charge in [-0.05, 0) is 42.6 Å². The van der Waals surface area contributed by atoms with Crippen molar-refractivity contribution in [1.29, 1.82) is 0 Å². The number of carboxylic acids is 1. The zero-order chi connectivity index (χ0) is 16.2. The van der Waals surface area contributed by atoms with Crippen molar-refractivity contribution in [1.82, 2.24) is 9.88 Å². The minimum atomic E-state index is -0.702. The van der Waals surface area contributed by atoms with Crippen molar-refractivity contribution in [3.8, 4) is 0 Å². The molecule has 0 spiro atoms. The van der Waals surface area contributed by atoms with E-state index in [1.165, 1.54) is 0 Å². The molecule has 1 aromatic carbocycles. The number of benzene rings is 1. The molecule has 1 fully saturated rings. The normalized spacial score (nSPS) is 20.1. The highest BCUT2D eigenvalue weighted by Gasteiger charge is 2.32. The molecule has 4 nitrogen and oxygen atoms in total. The maximum Gasteiger partial charge on any atom is 0.307 e. The first-order valence-electron chi connectivity index (χ1n) is 7.78. The molecule has 23 heavy (non-hydrogen) atoms. The number of hydrogen-bond donors (Lipinski definition) is 1. The average Bonchev–Trinajstić information content (AvgIpc) is 2.58. The number of nitrogens with zero attached hydrogens (tertiary/aromatic N) is 2. The number of aliphatic carboxylic acids is 1. The lowest BCUT2D eigenvalue weighted by atomic mass is 9.92. The molecule has 2 atom stereocenters. The summed E-state index contributed by atoms with van der Waals surface area (Å²) in [5.41, 5.74) is 2.23. The molecule has 120 valence electrons. The largest absolute Gasteiger partial charge is 0.481 e. The minimum absolute atomic E-state index is 0.0152. The second-order valence-corrected chi connectivity index (χ2v) is 6.74. The number of piperidine rings is 1. The Morgan fingerprint density at radius 1 is 1.30 bits per heavy atom. The summed E-state index contributed by atoms with van der Waals surface area (Å²) in [4.78, 5) is 17.9. The monoisotopic (exact) mass is 374 g/mol. The molecular weight excluding hydrogens is 356 g/mol. The summed E-state index contributed by atoms with van der Waals surface area (Å²) in [7, 11) is 0. The number of halogens is 1. The fourth-order valence-electron chi connectivity index (χ4n) is 3.26. The van der Waals surface area contributed by atoms with E-state index in [0.29, 0.717) is 6.54 Å². The van der Waals surface area contributed by atoms with Gasteiger partial charge in [0.15, 0.2) is 0 Å². The van der Waals surface area contributed by atoms with Crippen LogP contribution in [-0.4, -0.2) is 34.0 Å². The smallest absolute Gasteiger partial charge is 0.307 e. The van der Waals surface area contributed by atoms with E-state index in [0.717, 1.165) is 35.0 Å². The summed E-state index contributed by atoms with van der Waals surface area (Å²) >= 11 is 3.64. The molecule has 2 aromatic rings. The maximum atomic E-state index is 11.4. The fourth-order valence-corrected chi connectivity index (χ4v) is 3.77. The van der Waals surface area contributed by atoms with Gasteiger partial charge in [-0.3, -0.25) is 14.7 Å². The van der Waals surface area contributed by atoms with Crippen LogP contribution < -0.4 is 0 Å². The Morgan fingerprint density at radius 2 is 2.13 bits per heavy atom. The SMILES string of the molecule is O=C(O)C1CCCN(C(c2cccnc2)c2ccccc2Br)C1. The molecule has 2 heterocycles. The Balaban J connectivity index is 1.99. The molecule has 1 aliphatic rings. The standard InChI is InChI=1S/C18H19BrN2O2/c19-16-8-2-1-7-15(16)17(13-5-3-9-20-11-13)21-10-4-6-14(12-21)18(22)23/h1-3,5,7-9,11,14,17H,4,6,10,12H2,(H,22,23). The molecule has 1 aromatic heterocycles. The van der Waals surface area contributed by atoms with E-state index >= 15 is 0 Å². The molecule has 1 aliphatic heterocycles. The van der Waals surface area contributed by atoms with Crippen LogP contribution in [0.25, 0.3) is 0 Å². The van der Waals surface area contributed by atoms with Gasteiger partial charge in [-0.15, -0.1) is 0 Å². The number of carbonyl (C=O) groups is 1. The predicted octanol–water partition coefficient (Wildman–Crippen LogP) is 3.73. The second-order valence-electron chi connectivity index (χ2n) is 5.88. The zero-order valence-electron chi connectivity index (χ0n) is 12.7. The third-order valence-electron chi connectivity index (χ3n) is 4.37. The van der Waals surface area contributed by atoms with Crippen molar-refractivity contribution < 1.29 is 9.90 Å². The van der Waals surface area contributed by atoms with Gasteiger partial charge in [0.1, 0.15) is 0 Å². The molecule has 2 unspecified atom stereocenters. The highest BCUT2D eigenvalue weighted by Crippen LogP contribution is 2.35. The van der Waals surface area contributed by atoms with Gasteiger partial charge in [-0.2, -0.15) is 0 Å². The Labute approximate surface area is 144 Å². The zero-order valence-corrected chi connectivity index (χ0v) is 14.3. The summed E-state index contributed by atoms with van der Waals surface area (Å²) in [6, 6.07) is 12.1. The second kappa shape index (κ2) is 7.23. The number of likely N-dealkylation sites (tertiary alicyclic amines) is 1. The molecule has 0 saturated carbocycles. The predicted molar refractivity (Wildman–Crippen MR) is 92.2 cm³/mol. The molecule has 3 rings (SSSR count). The lowest BCUT2D eigenvalue weighted by molar-refractivity contribution is -0.143. The number of pyridine rings is 1. The number of rotatable bonds is 4. The number of aromatic nitrogens is 1. The first-order chi connectivity index (χ1) is 11.2. The molecular formula is C18H19BrN2O2. The Bertz CT molecular complexity index is 678. The van der Waals surface area contributed by atoms with Gasteiger partial charge in [0.05, 0.1) is 12.0 Å². The van der Waals surface area contributed by atoms with Crippen LogP contribution in [0.1, 0.15) is 30.0 Å². The lowest BCUT2D eigenvalue weighted by Gasteiger charge is -2.37. The van der Waals surface area contributed by atoms with Crippen LogP contribution in [0.2, 0.25) is 0 Å². The van der Waals surface area contributed by atoms with Crippen molar-refractivity contribution in [2.75, 3.05) is 13.1 Å². The molecule has 5 heteroatoms. The highest BCUT2D eigenvalue weighted by molar-refractivity contribution is 9.10. The van der Waals surface area contributed by atoms with Gasteiger partial charge in [0, 0.05) is 23.4 Å². The van der Waals surface area contributed by atoms with Crippen LogP contribution in [0, 0.1) is 5.92 Å². The van der Waals surface area contributed by atoms with Crippen LogP contribution in [0.3, 0.4) is 0 Å². The van der Waals surface area contributed by atoms with Crippen LogP contribution in [0.5, 0.6) is 0 Å². The Kier molecular flexibility index (Phi) is 5.08. The molecule has 1 saturated heterocycles. The summed E-state index contributed by atoms with van der Waals surface area (Å²) < 4.78 is 1.03. The fraction of sp³-hybridized carbons (Fsp3) is 0.333. The van der Waals surface area contributed by atoms with E-state index in [-0.39, 0.29) is 12.0 Å². The molecule has 1 N–H and O–H groups in total. The molecule has 0 amide bonds. The minimum Gasteiger partial charge on any atom is -0.481 e. The van der Waals surface area contributed by atoms with Crippen molar-refractivity contribution in [3.05, 3.63) is 64.4 Å². The van der Waals surface area contributed by atoms with E-state index in [1.807, 2.05) is 30.5 Å². The maximum absolute atomic E-state index is 11.4. The van der Waals surface area contributed by atoms with Gasteiger partial charge in [0.2, 0.25) is 0 Å². The van der Waals surface area contributed by atoms with Crippen molar-refractivity contribution in [3.63, 3.8) is 0 Å². The van der Waals surface area contributed by atoms with E-state index < -0.39 is 5.97 Å². The van der Waals surface area contributed by atoms with Gasteiger partial charge in [0.25, 0.3) is 0 Å². The van der Waals surface area contributed by atoms with Crippen molar-refractivity contribution >= 4 is 21.9 Å². The van der Waals surface area contributed by atoms with E-state index in [2.05, 4.69) is 37.9 Å². The van der Waals surface area contributed by atoms with Crippen molar-refractivity contribution in [2.45, 2.75) is 18.9 Å². The number of hydrogen-bond acceptors (Lipinski definition) is 3. The first-order valence-corrected chi connectivity index (χ1v) is 8.57. The van der Waals surface area contributed by atoms with Crippen LogP contribution in [0.15, 0.2) is 53.3 Å². The van der Waals surface area contributed by atoms with Crippen molar-refractivity contribution in [2.24, 2.45) is 5.92 Å². The van der Waals surface area contributed by atoms with Gasteiger partial charge < -0.3 is 5.11 Å². The van der Waals surface area contributed by atoms with E-state index in [4.69, 9.17) is 0 Å². The lowest BCUT2D eigenvalue weighted by Crippen LogP contribution is -2.41. The average molecular weight is 375 g/mol. The quantitative estimate of drug-likeness (QED) is 0.885. The Morgan fingerprint density at radius 3 is 2.83 bits per heavy atom. The molecule has 0 bridgehead atoms. The van der Waals surface area contributed by atoms with Gasteiger partial charge in [-0.1, -0.05) is 40.2 Å². The van der Waals surface area contributed by atoms with Crippen LogP contribution in [-0.2, 0) is 4.79 Å². The summed E-state index contributed by atoms with van der Waals surface area (Å²) in [5, 5.41) is 9.39. The number of carboxylic acid groups (broad SMARTS) is 1. The highest BCUT2D eigenvalue weighted by atomic mass is 79.9. The van der Waals surface area contributed by atoms with Gasteiger partial charge >= 0.3 is 5.97 Å². The summed E-state index contributed by atoms with van der Waals surface area (Å²) in [5.74, 6) is -1.00. The van der Waals surface area contributed by atoms with E-state index in [1.54, 1.807) is 6.20 Å². The summed E-state index contributed by atoms with van der Waals surface area (Å²) in [6.07, 6.45) is 5.28. The Hall–Kier alpha value is -1.72. The summed E-state index contributed by atoms with van der Waals surface area (Å²) in [6.45, 7) is 1.46. The van der Waals surface area contributed by atoms with Gasteiger partial charge in [-0.25, -0.2) is 0 Å². The molecule has 0 radical (unpaired) electrons. The topological polar surface area (TPSA) is 53.4 Å². The molecule has 0 aliphatic carbocycles.